The quantitative estimate of drug-likeness (QED) is 0.767. The first kappa shape index (κ1) is 16.4. The molecular weight excluding hydrogens is 238 g/mol. The van der Waals surface area contributed by atoms with Gasteiger partial charge in [-0.25, -0.2) is 0 Å². The van der Waals surface area contributed by atoms with E-state index < -0.39 is 5.54 Å². The average molecular weight is 269 g/mol. The van der Waals surface area contributed by atoms with E-state index in [0.29, 0.717) is 5.92 Å². The molecule has 4 heteroatoms. The number of carbonyl (C=O) groups excluding carboxylic acids is 1. The number of rotatable bonds is 6. The van der Waals surface area contributed by atoms with E-state index in [9.17, 15) is 4.79 Å². The van der Waals surface area contributed by atoms with Gasteiger partial charge in [-0.15, -0.1) is 0 Å². The van der Waals surface area contributed by atoms with Crippen LogP contribution in [0.4, 0.5) is 0 Å². The molecule has 0 aromatic carbocycles. The summed E-state index contributed by atoms with van der Waals surface area (Å²) in [6, 6.07) is 0. The van der Waals surface area contributed by atoms with E-state index in [1.54, 1.807) is 0 Å². The Morgan fingerprint density at radius 3 is 2.68 bits per heavy atom. The minimum Gasteiger partial charge on any atom is -0.354 e. The Kier molecular flexibility index (Phi) is 6.27. The number of nitrogens with zero attached hydrogens (tertiary/aromatic N) is 1. The van der Waals surface area contributed by atoms with Crippen LogP contribution in [0.25, 0.3) is 0 Å². The van der Waals surface area contributed by atoms with Crippen molar-refractivity contribution in [2.75, 3.05) is 33.2 Å². The zero-order valence-electron chi connectivity index (χ0n) is 13.3. The monoisotopic (exact) mass is 269 g/mol. The summed E-state index contributed by atoms with van der Waals surface area (Å²) in [6.45, 7) is 12.7. The first-order chi connectivity index (χ1) is 8.85. The maximum atomic E-state index is 12.0. The number of nitrogens with one attached hydrogen (secondary N) is 2. The molecule has 1 heterocycles. The van der Waals surface area contributed by atoms with Crippen molar-refractivity contribution < 1.29 is 4.79 Å². The van der Waals surface area contributed by atoms with E-state index >= 15 is 0 Å². The Balaban J connectivity index is 2.35. The third-order valence-electron chi connectivity index (χ3n) is 3.97. The Labute approximate surface area is 118 Å². The summed E-state index contributed by atoms with van der Waals surface area (Å²) in [4.78, 5) is 14.5. The summed E-state index contributed by atoms with van der Waals surface area (Å²) >= 11 is 0. The molecule has 0 bridgehead atoms. The van der Waals surface area contributed by atoms with Crippen LogP contribution in [0, 0.1) is 11.8 Å². The fraction of sp³-hybridized carbons (Fsp3) is 0.933. The SMILES string of the molecule is CNC(C)(C)C(=O)NC[C@@H]1CCCN(CC(C)C)C1. The van der Waals surface area contributed by atoms with Crippen molar-refractivity contribution in [2.24, 2.45) is 11.8 Å². The summed E-state index contributed by atoms with van der Waals surface area (Å²) in [5.74, 6) is 1.41. The molecule has 2 N–H and O–H groups in total. The summed E-state index contributed by atoms with van der Waals surface area (Å²) in [5.41, 5.74) is -0.480. The molecule has 0 aromatic heterocycles. The second-order valence-electron chi connectivity index (χ2n) is 6.75. The number of piperidine rings is 1. The van der Waals surface area contributed by atoms with Crippen LogP contribution in [0.1, 0.15) is 40.5 Å². The van der Waals surface area contributed by atoms with Gasteiger partial charge in [0.25, 0.3) is 0 Å². The highest BCUT2D eigenvalue weighted by Crippen LogP contribution is 2.17. The number of hydrogen-bond donors (Lipinski definition) is 2. The number of likely N-dealkylation sites (N-methyl/N-ethyl adjacent to an activating group) is 1. The van der Waals surface area contributed by atoms with Crippen LogP contribution in [0.15, 0.2) is 0 Å². The Hall–Kier alpha value is -0.610. The largest absolute Gasteiger partial charge is 0.354 e. The third-order valence-corrected chi connectivity index (χ3v) is 3.97. The van der Waals surface area contributed by atoms with Gasteiger partial charge in [0.15, 0.2) is 0 Å². The maximum absolute atomic E-state index is 12.0. The van der Waals surface area contributed by atoms with Gasteiger partial charge in [0.1, 0.15) is 0 Å². The topological polar surface area (TPSA) is 44.4 Å². The summed E-state index contributed by atoms with van der Waals surface area (Å²) in [7, 11) is 1.82. The van der Waals surface area contributed by atoms with Crippen LogP contribution in [0.2, 0.25) is 0 Å². The number of carbonyl (C=O) groups is 1. The molecule has 1 aliphatic heterocycles. The lowest BCUT2D eigenvalue weighted by atomic mass is 9.96. The fourth-order valence-electron chi connectivity index (χ4n) is 2.57. The molecule has 0 aliphatic carbocycles. The molecule has 1 amide bonds. The van der Waals surface area contributed by atoms with Crippen LogP contribution in [0.5, 0.6) is 0 Å². The smallest absolute Gasteiger partial charge is 0.239 e. The first-order valence-corrected chi connectivity index (χ1v) is 7.54. The summed E-state index contributed by atoms with van der Waals surface area (Å²) in [5, 5.41) is 6.13. The molecule has 1 fully saturated rings. The molecule has 4 nitrogen and oxygen atoms in total. The van der Waals surface area contributed by atoms with Gasteiger partial charge in [-0.2, -0.15) is 0 Å². The minimum absolute atomic E-state index is 0.0935. The highest BCUT2D eigenvalue weighted by Gasteiger charge is 2.26. The van der Waals surface area contributed by atoms with Crippen LogP contribution in [-0.4, -0.2) is 49.6 Å². The normalized spacial score (nSPS) is 21.7. The number of amides is 1. The molecule has 1 atom stereocenters. The predicted molar refractivity (Wildman–Crippen MR) is 80.2 cm³/mol. The Morgan fingerprint density at radius 2 is 2.11 bits per heavy atom. The van der Waals surface area contributed by atoms with Crippen LogP contribution in [0.3, 0.4) is 0 Å². The van der Waals surface area contributed by atoms with Crippen LogP contribution < -0.4 is 10.6 Å². The van der Waals surface area contributed by atoms with Gasteiger partial charge in [-0.05, 0) is 52.1 Å². The average Bonchev–Trinajstić information content (AvgIpc) is 2.35. The number of likely N-dealkylation sites (tertiary alicyclic amines) is 1. The van der Waals surface area contributed by atoms with Crippen molar-refractivity contribution in [3.05, 3.63) is 0 Å². The van der Waals surface area contributed by atoms with E-state index in [1.165, 1.54) is 25.9 Å². The molecule has 1 saturated heterocycles. The zero-order chi connectivity index (χ0) is 14.5. The van der Waals surface area contributed by atoms with E-state index in [1.807, 2.05) is 20.9 Å². The minimum atomic E-state index is -0.480. The first-order valence-electron chi connectivity index (χ1n) is 7.54. The second-order valence-corrected chi connectivity index (χ2v) is 6.75. The van der Waals surface area contributed by atoms with E-state index in [2.05, 4.69) is 29.4 Å². The third kappa shape index (κ3) is 5.49. The van der Waals surface area contributed by atoms with Gasteiger partial charge in [0.2, 0.25) is 5.91 Å². The highest BCUT2D eigenvalue weighted by molar-refractivity contribution is 5.85. The van der Waals surface area contributed by atoms with Crippen molar-refractivity contribution in [2.45, 2.75) is 46.1 Å². The van der Waals surface area contributed by atoms with Gasteiger partial charge < -0.3 is 15.5 Å². The highest BCUT2D eigenvalue weighted by atomic mass is 16.2. The molecule has 0 radical (unpaired) electrons. The summed E-state index contributed by atoms with van der Waals surface area (Å²) in [6.07, 6.45) is 2.48. The van der Waals surface area contributed by atoms with Crippen molar-refractivity contribution in [3.63, 3.8) is 0 Å². The molecule has 0 spiro atoms. The zero-order valence-corrected chi connectivity index (χ0v) is 13.3. The Bertz CT molecular complexity index is 289. The molecule has 1 rings (SSSR count). The molecular formula is C15H31N3O. The molecule has 0 saturated carbocycles. The van der Waals surface area contributed by atoms with Gasteiger partial charge in [0.05, 0.1) is 5.54 Å². The van der Waals surface area contributed by atoms with Gasteiger partial charge in [-0.3, -0.25) is 4.79 Å². The predicted octanol–water partition coefficient (Wildman–Crippen LogP) is 1.47. The van der Waals surface area contributed by atoms with E-state index in [0.717, 1.165) is 19.0 Å². The summed E-state index contributed by atoms with van der Waals surface area (Å²) < 4.78 is 0. The second kappa shape index (κ2) is 7.25. The lowest BCUT2D eigenvalue weighted by Crippen LogP contribution is -2.52. The standard InChI is InChI=1S/C15H31N3O/c1-12(2)10-18-8-6-7-13(11-18)9-17-14(19)15(3,4)16-5/h12-13,16H,6-11H2,1-5H3,(H,17,19)/t13-/m0/s1. The van der Waals surface area contributed by atoms with Gasteiger partial charge in [0, 0.05) is 19.6 Å². The van der Waals surface area contributed by atoms with E-state index in [-0.39, 0.29) is 5.91 Å². The van der Waals surface area contributed by atoms with Crippen molar-refractivity contribution >= 4 is 5.91 Å². The van der Waals surface area contributed by atoms with Crippen molar-refractivity contribution in [1.29, 1.82) is 0 Å². The Morgan fingerprint density at radius 1 is 1.42 bits per heavy atom. The maximum Gasteiger partial charge on any atom is 0.239 e. The van der Waals surface area contributed by atoms with Crippen molar-refractivity contribution in [1.82, 2.24) is 15.5 Å². The fourth-order valence-corrected chi connectivity index (χ4v) is 2.57. The van der Waals surface area contributed by atoms with E-state index in [4.69, 9.17) is 0 Å². The van der Waals surface area contributed by atoms with Gasteiger partial charge >= 0.3 is 0 Å². The molecule has 1 aliphatic rings. The molecule has 0 unspecified atom stereocenters. The van der Waals surface area contributed by atoms with Crippen LogP contribution in [-0.2, 0) is 4.79 Å². The number of hydrogen-bond acceptors (Lipinski definition) is 3. The molecule has 19 heavy (non-hydrogen) atoms. The van der Waals surface area contributed by atoms with Gasteiger partial charge in [-0.1, -0.05) is 13.8 Å². The molecule has 0 aromatic rings. The van der Waals surface area contributed by atoms with Crippen molar-refractivity contribution in [3.8, 4) is 0 Å². The van der Waals surface area contributed by atoms with Crippen LogP contribution >= 0.6 is 0 Å². The lowest BCUT2D eigenvalue weighted by Gasteiger charge is -2.34. The molecule has 112 valence electrons. The lowest BCUT2D eigenvalue weighted by molar-refractivity contribution is -0.126.